The quantitative estimate of drug-likeness (QED) is 0.278. The zero-order valence-corrected chi connectivity index (χ0v) is 22.9. The molecule has 0 bridgehead atoms. The molecule has 1 aromatic heterocycles. The Morgan fingerprint density at radius 2 is 1.50 bits per heavy atom. The van der Waals surface area contributed by atoms with Gasteiger partial charge in [-0.25, -0.2) is 9.48 Å². The first-order chi connectivity index (χ1) is 19.4. The van der Waals surface area contributed by atoms with Crippen molar-refractivity contribution in [2.45, 2.75) is 45.8 Å². The second-order valence-electron chi connectivity index (χ2n) is 9.49. The Balaban J connectivity index is 1.47. The predicted octanol–water partition coefficient (Wildman–Crippen LogP) is 4.68. The summed E-state index contributed by atoms with van der Waals surface area (Å²) in [6.07, 6.45) is 1.12. The summed E-state index contributed by atoms with van der Waals surface area (Å²) in [5.41, 5.74) is 5.71. The van der Waals surface area contributed by atoms with Gasteiger partial charge in [-0.05, 0) is 61.2 Å². The number of nitrogens with zero attached hydrogens (tertiary/aromatic N) is 2. The van der Waals surface area contributed by atoms with Crippen LogP contribution in [0.25, 0.3) is 5.69 Å². The molecule has 8 heteroatoms. The van der Waals surface area contributed by atoms with Crippen molar-refractivity contribution in [2.24, 2.45) is 0 Å². The summed E-state index contributed by atoms with van der Waals surface area (Å²) in [6, 6.07) is 25.1. The molecule has 4 rings (SSSR count). The molecule has 0 saturated heterocycles. The standard InChI is InChI=1S/C32H33N3O5/c1-22-28(18-19-30(36)39-3)23(2)35(34-22)27-16-14-26(15-17-27)31(37)33-29(20-24-10-6-4-7-11-24)32(38)40-21-25-12-8-5-9-13-25/h4-17,29H,18-21H2,1-3H3,(H,33,37). The molecule has 1 unspecified atom stereocenters. The first-order valence-corrected chi connectivity index (χ1v) is 13.1. The van der Waals surface area contributed by atoms with Crippen molar-refractivity contribution in [3.8, 4) is 5.69 Å². The molecule has 0 spiro atoms. The van der Waals surface area contributed by atoms with Gasteiger partial charge in [0, 0.05) is 24.1 Å². The lowest BCUT2D eigenvalue weighted by atomic mass is 10.1. The number of aryl methyl sites for hydroxylation is 1. The van der Waals surface area contributed by atoms with Crippen LogP contribution in [-0.2, 0) is 38.5 Å². The van der Waals surface area contributed by atoms with Crippen molar-refractivity contribution in [2.75, 3.05) is 7.11 Å². The van der Waals surface area contributed by atoms with Crippen molar-refractivity contribution in [3.63, 3.8) is 0 Å². The Kier molecular flexibility index (Phi) is 9.46. The van der Waals surface area contributed by atoms with E-state index in [9.17, 15) is 14.4 Å². The summed E-state index contributed by atoms with van der Waals surface area (Å²) in [4.78, 5) is 37.8. The van der Waals surface area contributed by atoms with Crippen LogP contribution in [0, 0.1) is 13.8 Å². The fourth-order valence-corrected chi connectivity index (χ4v) is 4.49. The monoisotopic (exact) mass is 539 g/mol. The summed E-state index contributed by atoms with van der Waals surface area (Å²) in [6.45, 7) is 3.98. The van der Waals surface area contributed by atoms with E-state index < -0.39 is 12.0 Å². The minimum atomic E-state index is -0.855. The van der Waals surface area contributed by atoms with Gasteiger partial charge in [-0.3, -0.25) is 9.59 Å². The topological polar surface area (TPSA) is 99.5 Å². The van der Waals surface area contributed by atoms with Crippen molar-refractivity contribution < 1.29 is 23.9 Å². The van der Waals surface area contributed by atoms with E-state index in [1.165, 1.54) is 7.11 Å². The van der Waals surface area contributed by atoms with Gasteiger partial charge in [-0.15, -0.1) is 0 Å². The zero-order chi connectivity index (χ0) is 28.5. The predicted molar refractivity (Wildman–Crippen MR) is 151 cm³/mol. The number of nitrogens with one attached hydrogen (secondary N) is 1. The molecule has 0 radical (unpaired) electrons. The molecule has 40 heavy (non-hydrogen) atoms. The molecule has 3 aromatic carbocycles. The van der Waals surface area contributed by atoms with Gasteiger partial charge in [-0.2, -0.15) is 5.10 Å². The molecule has 4 aromatic rings. The average Bonchev–Trinajstić information content (AvgIpc) is 3.27. The lowest BCUT2D eigenvalue weighted by molar-refractivity contribution is -0.147. The SMILES string of the molecule is COC(=O)CCc1c(C)nn(-c2ccc(C(=O)NC(Cc3ccccc3)C(=O)OCc3ccccc3)cc2)c1C. The Bertz CT molecular complexity index is 1450. The van der Waals surface area contributed by atoms with Crippen LogP contribution in [0.3, 0.4) is 0 Å². The van der Waals surface area contributed by atoms with E-state index in [0.717, 1.165) is 33.8 Å². The van der Waals surface area contributed by atoms with Gasteiger partial charge in [-0.1, -0.05) is 60.7 Å². The number of benzene rings is 3. The summed E-state index contributed by atoms with van der Waals surface area (Å²) >= 11 is 0. The molecule has 1 N–H and O–H groups in total. The van der Waals surface area contributed by atoms with Gasteiger partial charge in [0.05, 0.1) is 18.5 Å². The highest BCUT2D eigenvalue weighted by Gasteiger charge is 2.24. The van der Waals surface area contributed by atoms with E-state index in [1.807, 2.05) is 74.5 Å². The maximum atomic E-state index is 13.2. The summed E-state index contributed by atoms with van der Waals surface area (Å²) in [7, 11) is 1.38. The number of aromatic nitrogens is 2. The van der Waals surface area contributed by atoms with Gasteiger partial charge in [0.15, 0.2) is 0 Å². The third kappa shape index (κ3) is 7.22. The minimum absolute atomic E-state index is 0.125. The molecule has 8 nitrogen and oxygen atoms in total. The van der Waals surface area contributed by atoms with Crippen LogP contribution < -0.4 is 5.32 Å². The van der Waals surface area contributed by atoms with Gasteiger partial charge in [0.1, 0.15) is 12.6 Å². The van der Waals surface area contributed by atoms with Crippen LogP contribution in [-0.4, -0.2) is 40.8 Å². The van der Waals surface area contributed by atoms with Crippen LogP contribution in [0.5, 0.6) is 0 Å². The number of methoxy groups -OCH3 is 1. The number of hydrogen-bond acceptors (Lipinski definition) is 6. The lowest BCUT2D eigenvalue weighted by Crippen LogP contribution is -2.43. The molecule has 0 aliphatic rings. The second kappa shape index (κ2) is 13.4. The van der Waals surface area contributed by atoms with Crippen molar-refractivity contribution in [1.29, 1.82) is 0 Å². The summed E-state index contributed by atoms with van der Waals surface area (Å²) in [5.74, 6) is -1.15. The lowest BCUT2D eigenvalue weighted by Gasteiger charge is -2.18. The van der Waals surface area contributed by atoms with Crippen LogP contribution in [0.2, 0.25) is 0 Å². The van der Waals surface area contributed by atoms with Gasteiger partial charge in [0.25, 0.3) is 5.91 Å². The van der Waals surface area contributed by atoms with Crippen LogP contribution in [0.4, 0.5) is 0 Å². The van der Waals surface area contributed by atoms with E-state index >= 15 is 0 Å². The Labute approximate surface area is 233 Å². The number of rotatable bonds is 11. The number of hydrogen-bond donors (Lipinski definition) is 1. The van der Waals surface area contributed by atoms with Crippen LogP contribution in [0.1, 0.15) is 44.9 Å². The largest absolute Gasteiger partial charge is 0.469 e. The molecule has 0 aliphatic carbocycles. The smallest absolute Gasteiger partial charge is 0.329 e. The van der Waals surface area contributed by atoms with Gasteiger partial charge in [0.2, 0.25) is 0 Å². The van der Waals surface area contributed by atoms with Crippen molar-refractivity contribution in [3.05, 3.63) is 119 Å². The second-order valence-corrected chi connectivity index (χ2v) is 9.49. The third-order valence-electron chi connectivity index (χ3n) is 6.72. The van der Waals surface area contributed by atoms with Gasteiger partial charge >= 0.3 is 11.9 Å². The van der Waals surface area contributed by atoms with E-state index in [0.29, 0.717) is 18.4 Å². The molecule has 1 heterocycles. The van der Waals surface area contributed by atoms with Gasteiger partial charge < -0.3 is 14.8 Å². The van der Waals surface area contributed by atoms with E-state index in [2.05, 4.69) is 10.4 Å². The Morgan fingerprint density at radius 1 is 0.875 bits per heavy atom. The summed E-state index contributed by atoms with van der Waals surface area (Å²) < 4.78 is 12.1. The average molecular weight is 540 g/mol. The highest BCUT2D eigenvalue weighted by molar-refractivity contribution is 5.97. The molecule has 1 atom stereocenters. The normalized spacial score (nSPS) is 11.5. The Morgan fingerprint density at radius 3 is 2.12 bits per heavy atom. The maximum Gasteiger partial charge on any atom is 0.329 e. The molecular weight excluding hydrogens is 506 g/mol. The minimum Gasteiger partial charge on any atom is -0.469 e. The number of carbonyl (C=O) groups excluding carboxylic acids is 3. The number of ether oxygens (including phenoxy) is 2. The molecule has 1 amide bonds. The highest BCUT2D eigenvalue weighted by Crippen LogP contribution is 2.20. The maximum absolute atomic E-state index is 13.2. The number of carbonyl (C=O) groups is 3. The molecule has 206 valence electrons. The molecule has 0 fully saturated rings. The molecular formula is C32H33N3O5. The third-order valence-corrected chi connectivity index (χ3v) is 6.72. The number of esters is 2. The van der Waals surface area contributed by atoms with E-state index in [4.69, 9.17) is 9.47 Å². The van der Waals surface area contributed by atoms with Crippen LogP contribution in [0.15, 0.2) is 84.9 Å². The van der Waals surface area contributed by atoms with E-state index in [-0.39, 0.29) is 24.9 Å². The first-order valence-electron chi connectivity index (χ1n) is 13.1. The first kappa shape index (κ1) is 28.3. The fourth-order valence-electron chi connectivity index (χ4n) is 4.49. The Hall–Kier alpha value is -4.72. The van der Waals surface area contributed by atoms with Crippen molar-refractivity contribution >= 4 is 17.8 Å². The van der Waals surface area contributed by atoms with E-state index in [1.54, 1.807) is 28.9 Å². The fraction of sp³-hybridized carbons (Fsp3) is 0.250. The zero-order valence-electron chi connectivity index (χ0n) is 22.9. The number of amides is 1. The van der Waals surface area contributed by atoms with Crippen LogP contribution >= 0.6 is 0 Å². The molecule has 0 aliphatic heterocycles. The summed E-state index contributed by atoms with van der Waals surface area (Å²) in [5, 5.41) is 7.48. The molecule has 0 saturated carbocycles. The van der Waals surface area contributed by atoms with Crippen molar-refractivity contribution in [1.82, 2.24) is 15.1 Å². The highest BCUT2D eigenvalue weighted by atomic mass is 16.5.